The van der Waals surface area contributed by atoms with E-state index in [0.717, 1.165) is 0 Å². The van der Waals surface area contributed by atoms with Crippen LogP contribution in [0.1, 0.15) is 0 Å². The number of hydrogen-bond acceptors (Lipinski definition) is 2. The van der Waals surface area contributed by atoms with Crippen LogP contribution in [0.3, 0.4) is 0 Å². The first kappa shape index (κ1) is 6.99. The summed E-state index contributed by atoms with van der Waals surface area (Å²) in [5, 5.41) is 6.71. The van der Waals surface area contributed by atoms with Gasteiger partial charge in [-0.2, -0.15) is 5.10 Å². The Balaban J connectivity index is 3.34. The molecule has 0 aliphatic heterocycles. The van der Waals surface area contributed by atoms with Crippen molar-refractivity contribution in [3.63, 3.8) is 0 Å². The van der Waals surface area contributed by atoms with Crippen LogP contribution in [-0.4, -0.2) is 10.2 Å². The first-order chi connectivity index (χ1) is 4.20. The van der Waals surface area contributed by atoms with Crippen LogP contribution in [-0.2, 0) is 0 Å². The van der Waals surface area contributed by atoms with E-state index in [1.165, 1.54) is 6.07 Å². The van der Waals surface area contributed by atoms with E-state index in [2.05, 4.69) is 10.2 Å². The van der Waals surface area contributed by atoms with E-state index in [-0.39, 0.29) is 5.15 Å². The predicted octanol–water partition coefficient (Wildman–Crippen LogP) is 2.45. The van der Waals surface area contributed by atoms with Gasteiger partial charge in [0.15, 0.2) is 5.15 Å². The lowest BCUT2D eigenvalue weighted by atomic mass is 10.6. The molecule has 9 heavy (non-hydrogen) atoms. The molecule has 2 nitrogen and oxygen atoms in total. The Kier molecular flexibility index (Phi) is 2.05. The van der Waals surface area contributed by atoms with E-state index in [0.29, 0.717) is 9.66 Å². The fourth-order valence-electron chi connectivity index (χ4n) is 0.365. The minimum atomic E-state index is 0.273. The Morgan fingerprint density at radius 2 is 2.22 bits per heavy atom. The fraction of sp³-hybridized carbons (Fsp3) is 0. The summed E-state index contributed by atoms with van der Waals surface area (Å²) in [5.74, 6) is 0. The smallest absolute Gasteiger partial charge is 0.167 e. The maximum absolute atomic E-state index is 5.48. The lowest BCUT2D eigenvalue weighted by Gasteiger charge is -1.88. The summed E-state index contributed by atoms with van der Waals surface area (Å²) in [5.41, 5.74) is 0. The fourth-order valence-corrected chi connectivity index (χ4v) is 0.841. The summed E-state index contributed by atoms with van der Waals surface area (Å²) in [6, 6.07) is 1.53. The van der Waals surface area contributed by atoms with Crippen molar-refractivity contribution in [2.24, 2.45) is 0 Å². The Bertz CT molecular complexity index is 270. The van der Waals surface area contributed by atoms with Crippen LogP contribution in [0.5, 0.6) is 0 Å². The van der Waals surface area contributed by atoms with Gasteiger partial charge in [-0.3, -0.25) is 5.10 Å². The number of nitrogens with one attached hydrogen (secondary N) is 1. The van der Waals surface area contributed by atoms with Crippen LogP contribution in [0.15, 0.2) is 6.07 Å². The molecule has 0 radical (unpaired) electrons. The number of hydrogen-bond donors (Lipinski definition) is 1. The van der Waals surface area contributed by atoms with Crippen molar-refractivity contribution in [1.29, 1.82) is 0 Å². The summed E-state index contributed by atoms with van der Waals surface area (Å²) in [6.45, 7) is 0. The maximum Gasteiger partial charge on any atom is 0.167 e. The lowest BCUT2D eigenvalue weighted by Crippen LogP contribution is -1.81. The standard InChI is InChI=1S/C4H2Cl2N2S/c5-3-1-2(9)4(6)8-7-3/h1H,(H,7,9). The highest BCUT2D eigenvalue weighted by molar-refractivity contribution is 7.71. The second kappa shape index (κ2) is 2.64. The third-order valence-corrected chi connectivity index (χ3v) is 1.63. The molecule has 48 valence electrons. The van der Waals surface area contributed by atoms with Gasteiger partial charge in [-0.05, 0) is 6.07 Å². The molecular formula is C4H2Cl2N2S. The molecule has 1 heterocycles. The van der Waals surface area contributed by atoms with Crippen molar-refractivity contribution >= 4 is 35.4 Å². The molecule has 1 rings (SSSR count). The Morgan fingerprint density at radius 1 is 1.56 bits per heavy atom. The number of rotatable bonds is 0. The Hall–Kier alpha value is -0.120. The molecule has 0 unspecified atom stereocenters. The molecule has 0 spiro atoms. The van der Waals surface area contributed by atoms with Gasteiger partial charge < -0.3 is 0 Å². The zero-order chi connectivity index (χ0) is 6.85. The van der Waals surface area contributed by atoms with Crippen molar-refractivity contribution in [3.05, 3.63) is 20.9 Å². The summed E-state index contributed by atoms with van der Waals surface area (Å²) >= 11 is 15.7. The second-order valence-corrected chi connectivity index (χ2v) is 2.58. The number of halogens is 2. The summed E-state index contributed by atoms with van der Waals surface area (Å²) in [4.78, 5) is 0. The SMILES string of the molecule is S=c1cc(Cl)[nH]nc1Cl. The largest absolute Gasteiger partial charge is 0.266 e. The van der Waals surface area contributed by atoms with Gasteiger partial charge in [-0.1, -0.05) is 35.4 Å². The summed E-state index contributed by atoms with van der Waals surface area (Å²) in [6.07, 6.45) is 0. The zero-order valence-electron chi connectivity index (χ0n) is 4.19. The normalized spacial score (nSPS) is 9.56. The van der Waals surface area contributed by atoms with Crippen LogP contribution < -0.4 is 0 Å². The minimum Gasteiger partial charge on any atom is -0.266 e. The van der Waals surface area contributed by atoms with Gasteiger partial charge >= 0.3 is 0 Å². The van der Waals surface area contributed by atoms with Gasteiger partial charge in [0.2, 0.25) is 0 Å². The number of H-pyrrole nitrogens is 1. The summed E-state index contributed by atoms with van der Waals surface area (Å²) < 4.78 is 0.459. The van der Waals surface area contributed by atoms with Gasteiger partial charge in [0.25, 0.3) is 0 Å². The van der Waals surface area contributed by atoms with Crippen molar-refractivity contribution in [2.75, 3.05) is 0 Å². The molecule has 0 aromatic carbocycles. The quantitative estimate of drug-likeness (QED) is 0.622. The molecule has 0 bridgehead atoms. The lowest BCUT2D eigenvalue weighted by molar-refractivity contribution is 1.03. The molecule has 0 amide bonds. The molecule has 0 atom stereocenters. The van der Waals surface area contributed by atoms with Crippen molar-refractivity contribution in [1.82, 2.24) is 10.2 Å². The van der Waals surface area contributed by atoms with E-state index in [1.54, 1.807) is 0 Å². The van der Waals surface area contributed by atoms with E-state index in [9.17, 15) is 0 Å². The molecule has 0 aliphatic rings. The van der Waals surface area contributed by atoms with Crippen LogP contribution in [0.25, 0.3) is 0 Å². The molecule has 0 saturated carbocycles. The van der Waals surface area contributed by atoms with Crippen molar-refractivity contribution < 1.29 is 0 Å². The Morgan fingerprint density at radius 3 is 2.67 bits per heavy atom. The van der Waals surface area contributed by atoms with Gasteiger partial charge in [-0.15, -0.1) is 0 Å². The number of aromatic amines is 1. The highest BCUT2D eigenvalue weighted by Crippen LogP contribution is 2.08. The Labute approximate surface area is 66.8 Å². The second-order valence-electron chi connectivity index (χ2n) is 1.37. The molecule has 0 saturated heterocycles. The number of nitrogens with zero attached hydrogens (tertiary/aromatic N) is 1. The van der Waals surface area contributed by atoms with Crippen LogP contribution in [0.2, 0.25) is 10.3 Å². The molecule has 0 aliphatic carbocycles. The highest BCUT2D eigenvalue weighted by Gasteiger charge is 1.91. The third-order valence-electron chi connectivity index (χ3n) is 0.722. The minimum absolute atomic E-state index is 0.273. The summed E-state index contributed by atoms with van der Waals surface area (Å²) in [7, 11) is 0. The molecule has 1 aromatic heterocycles. The highest BCUT2D eigenvalue weighted by atomic mass is 35.5. The maximum atomic E-state index is 5.48. The van der Waals surface area contributed by atoms with Crippen LogP contribution in [0, 0.1) is 4.51 Å². The zero-order valence-corrected chi connectivity index (χ0v) is 6.52. The molecule has 5 heteroatoms. The first-order valence-electron chi connectivity index (χ1n) is 2.11. The van der Waals surface area contributed by atoms with Gasteiger partial charge in [-0.25, -0.2) is 0 Å². The van der Waals surface area contributed by atoms with Crippen molar-refractivity contribution in [2.45, 2.75) is 0 Å². The van der Waals surface area contributed by atoms with Crippen molar-refractivity contribution in [3.8, 4) is 0 Å². The molecular weight excluding hydrogens is 179 g/mol. The molecule has 1 N–H and O–H groups in total. The topological polar surface area (TPSA) is 28.7 Å². The van der Waals surface area contributed by atoms with Gasteiger partial charge in [0, 0.05) is 0 Å². The van der Waals surface area contributed by atoms with E-state index in [4.69, 9.17) is 35.4 Å². The van der Waals surface area contributed by atoms with E-state index >= 15 is 0 Å². The average molecular weight is 181 g/mol. The number of aromatic nitrogens is 2. The molecule has 1 aromatic rings. The monoisotopic (exact) mass is 180 g/mol. The first-order valence-corrected chi connectivity index (χ1v) is 3.27. The van der Waals surface area contributed by atoms with Gasteiger partial charge in [0.05, 0.1) is 4.51 Å². The third kappa shape index (κ3) is 1.64. The average Bonchev–Trinajstić information content (AvgIpc) is 1.80. The molecule has 0 fully saturated rings. The predicted molar refractivity (Wildman–Crippen MR) is 39.4 cm³/mol. The van der Waals surface area contributed by atoms with E-state index < -0.39 is 0 Å². The van der Waals surface area contributed by atoms with Crippen LogP contribution in [0.4, 0.5) is 0 Å². The van der Waals surface area contributed by atoms with Crippen LogP contribution >= 0.6 is 35.4 Å². The van der Waals surface area contributed by atoms with E-state index in [1.807, 2.05) is 0 Å². The van der Waals surface area contributed by atoms with Gasteiger partial charge in [0.1, 0.15) is 5.15 Å².